The Morgan fingerprint density at radius 1 is 0.395 bits per heavy atom. The first-order chi connectivity index (χ1) is 42.0. The lowest BCUT2D eigenvalue weighted by molar-refractivity contribution is -0.870. The number of amides is 1. The van der Waals surface area contributed by atoms with E-state index in [4.69, 9.17) is 9.05 Å². The maximum atomic E-state index is 13.1. The van der Waals surface area contributed by atoms with Gasteiger partial charge in [-0.05, 0) is 51.4 Å². The average molecular weight is 1230 g/mol. The van der Waals surface area contributed by atoms with Crippen molar-refractivity contribution >= 4 is 13.7 Å². The van der Waals surface area contributed by atoms with Crippen LogP contribution in [0.1, 0.15) is 399 Å². The van der Waals surface area contributed by atoms with E-state index in [1.165, 1.54) is 340 Å². The van der Waals surface area contributed by atoms with Gasteiger partial charge >= 0.3 is 7.82 Å². The largest absolute Gasteiger partial charge is 0.472 e. The first-order valence-electron chi connectivity index (χ1n) is 38.4. The van der Waals surface area contributed by atoms with Gasteiger partial charge < -0.3 is 19.8 Å². The molecule has 0 saturated heterocycles. The predicted molar refractivity (Wildman–Crippen MR) is 378 cm³/mol. The van der Waals surface area contributed by atoms with Crippen LogP contribution in [-0.4, -0.2) is 73.4 Å². The maximum absolute atomic E-state index is 13.1. The number of carbonyl (C=O) groups excluding carboxylic acids is 1. The molecule has 8 nitrogen and oxygen atoms in total. The Hall–Kier alpha value is -1.28. The van der Waals surface area contributed by atoms with Crippen molar-refractivity contribution in [3.05, 3.63) is 36.5 Å². The molecule has 0 rings (SSSR count). The lowest BCUT2D eigenvalue weighted by atomic mass is 10.0. The second kappa shape index (κ2) is 68.1. The number of nitrogens with one attached hydrogen (secondary N) is 1. The molecule has 3 N–H and O–H groups in total. The molecule has 9 heteroatoms. The molecule has 0 fully saturated rings. The van der Waals surface area contributed by atoms with Gasteiger partial charge in [-0.25, -0.2) is 4.57 Å². The molecule has 0 bridgehead atoms. The molecule has 3 atom stereocenters. The molecule has 3 unspecified atom stereocenters. The Balaban J connectivity index is 3.93. The van der Waals surface area contributed by atoms with Crippen LogP contribution in [0.2, 0.25) is 0 Å². The summed E-state index contributed by atoms with van der Waals surface area (Å²) < 4.78 is 23.9. The number of aliphatic hydroxyl groups is 1. The molecule has 1 amide bonds. The fourth-order valence-electron chi connectivity index (χ4n) is 11.9. The smallest absolute Gasteiger partial charge is 0.387 e. The lowest BCUT2D eigenvalue weighted by Crippen LogP contribution is -2.45. The molecule has 0 aromatic carbocycles. The molecular weight excluding hydrogens is 1080 g/mol. The Morgan fingerprint density at radius 2 is 0.663 bits per heavy atom. The van der Waals surface area contributed by atoms with Crippen molar-refractivity contribution in [2.24, 2.45) is 0 Å². The number of hydrogen-bond donors (Lipinski definition) is 3. The topological polar surface area (TPSA) is 105 Å². The number of carbonyl (C=O) groups is 1. The SMILES string of the molecule is CCCCCCC/C=C\C/C=C\CCCCCCCCCCCCCCCCCCCCCCCCCCCCCC(=O)NC(COP(=O)(O)OCC[N+](C)(C)C)C(O)/C=C/CCCCCCCCCCCCCCCCCCCCCCCCC. The number of hydrogen-bond acceptors (Lipinski definition) is 5. The minimum absolute atomic E-state index is 0.0643. The van der Waals surface area contributed by atoms with E-state index in [0.29, 0.717) is 17.4 Å². The van der Waals surface area contributed by atoms with E-state index in [9.17, 15) is 19.4 Å². The molecule has 510 valence electrons. The number of quaternary nitrogens is 1. The van der Waals surface area contributed by atoms with Crippen molar-refractivity contribution in [3.8, 4) is 0 Å². The predicted octanol–water partition coefficient (Wildman–Crippen LogP) is 24.8. The van der Waals surface area contributed by atoms with Crippen molar-refractivity contribution < 1.29 is 32.9 Å². The van der Waals surface area contributed by atoms with Gasteiger partial charge in [0.15, 0.2) is 0 Å². The third-order valence-corrected chi connectivity index (χ3v) is 18.8. The monoisotopic (exact) mass is 1230 g/mol. The summed E-state index contributed by atoms with van der Waals surface area (Å²) in [4.78, 5) is 23.5. The quantitative estimate of drug-likeness (QED) is 0.0243. The first-order valence-corrected chi connectivity index (χ1v) is 39.9. The third-order valence-electron chi connectivity index (χ3n) is 17.9. The standard InChI is InChI=1S/C77H151N2O6P/c1-6-8-10-12-14-16-18-20-22-24-26-28-30-32-33-34-35-36-37-38-39-40-41-42-43-44-45-47-49-51-53-55-57-59-61-63-65-67-69-71-77(81)78-75(74-85-86(82,83)84-73-72-79(3,4)5)76(80)70-68-66-64-62-60-58-56-54-52-50-48-46-31-29-27-25-23-21-19-17-15-13-11-9-7-2/h18,20,24,26,68,70,75-76,80H,6-17,19,21-23,25,27-67,69,71-74H2,1-5H3,(H-,78,81,82,83)/p+1/b20-18-,26-24-,70-68+. The minimum atomic E-state index is -4.35. The number of phosphoric ester groups is 1. The molecule has 0 radical (unpaired) electrons. The molecule has 86 heavy (non-hydrogen) atoms. The van der Waals surface area contributed by atoms with Crippen molar-refractivity contribution in [1.29, 1.82) is 0 Å². The fourth-order valence-corrected chi connectivity index (χ4v) is 12.6. The Kier molecular flexibility index (Phi) is 67.1. The van der Waals surface area contributed by atoms with Gasteiger partial charge in [0.1, 0.15) is 13.2 Å². The number of likely N-dealkylation sites (N-methyl/N-ethyl adjacent to an activating group) is 1. The molecule has 0 spiro atoms. The number of allylic oxidation sites excluding steroid dienone is 5. The normalized spacial score (nSPS) is 13.7. The zero-order valence-electron chi connectivity index (χ0n) is 58.6. The van der Waals surface area contributed by atoms with Gasteiger partial charge in [-0.2, -0.15) is 0 Å². The van der Waals surface area contributed by atoms with E-state index < -0.39 is 20.0 Å². The van der Waals surface area contributed by atoms with E-state index >= 15 is 0 Å². The number of phosphoric acid groups is 1. The van der Waals surface area contributed by atoms with E-state index in [0.717, 1.165) is 38.5 Å². The molecular formula is C77H152N2O6P+. The number of aliphatic hydroxyl groups excluding tert-OH is 1. The third kappa shape index (κ3) is 70.2. The van der Waals surface area contributed by atoms with Crippen LogP contribution in [0.15, 0.2) is 36.5 Å². The van der Waals surface area contributed by atoms with E-state index in [2.05, 4.69) is 43.5 Å². The summed E-state index contributed by atoms with van der Waals surface area (Å²) in [5.74, 6) is -0.167. The summed E-state index contributed by atoms with van der Waals surface area (Å²) in [5.41, 5.74) is 0. The van der Waals surface area contributed by atoms with Crippen LogP contribution in [0, 0.1) is 0 Å². The molecule has 0 aromatic heterocycles. The van der Waals surface area contributed by atoms with E-state index in [1.54, 1.807) is 6.08 Å². The zero-order chi connectivity index (χ0) is 62.6. The van der Waals surface area contributed by atoms with Crippen LogP contribution in [-0.2, 0) is 18.4 Å². The number of unbranched alkanes of at least 4 members (excludes halogenated alkanes) is 55. The summed E-state index contributed by atoms with van der Waals surface area (Å²) in [6.07, 6.45) is 91.8. The van der Waals surface area contributed by atoms with Gasteiger partial charge in [-0.15, -0.1) is 0 Å². The molecule has 0 aromatic rings. The lowest BCUT2D eigenvalue weighted by Gasteiger charge is -2.25. The summed E-state index contributed by atoms with van der Waals surface area (Å²) in [5, 5.41) is 14.0. The molecule has 0 saturated carbocycles. The van der Waals surface area contributed by atoms with Gasteiger partial charge in [0, 0.05) is 6.42 Å². The highest BCUT2D eigenvalue weighted by molar-refractivity contribution is 7.47. The van der Waals surface area contributed by atoms with Crippen LogP contribution in [0.3, 0.4) is 0 Å². The second-order valence-corrected chi connectivity index (χ2v) is 29.2. The van der Waals surface area contributed by atoms with Crippen LogP contribution in [0.25, 0.3) is 0 Å². The highest BCUT2D eigenvalue weighted by atomic mass is 31.2. The summed E-state index contributed by atoms with van der Waals surface area (Å²) in [6.45, 7) is 4.87. The highest BCUT2D eigenvalue weighted by Gasteiger charge is 2.28. The van der Waals surface area contributed by atoms with Crippen molar-refractivity contribution in [3.63, 3.8) is 0 Å². The number of rotatable bonds is 72. The summed E-state index contributed by atoms with van der Waals surface area (Å²) >= 11 is 0. The van der Waals surface area contributed by atoms with Crippen molar-refractivity contribution in [2.45, 2.75) is 411 Å². The Morgan fingerprint density at radius 3 is 0.953 bits per heavy atom. The van der Waals surface area contributed by atoms with Gasteiger partial charge in [0.2, 0.25) is 5.91 Å². The Labute approximate surface area is 537 Å². The zero-order valence-corrected chi connectivity index (χ0v) is 59.5. The second-order valence-electron chi connectivity index (χ2n) is 27.7. The van der Waals surface area contributed by atoms with Crippen LogP contribution >= 0.6 is 7.82 Å². The van der Waals surface area contributed by atoms with E-state index in [1.807, 2.05) is 27.2 Å². The number of nitrogens with zero attached hydrogens (tertiary/aromatic N) is 1. The molecule has 0 aliphatic carbocycles. The summed E-state index contributed by atoms with van der Waals surface area (Å²) in [7, 11) is 1.59. The summed E-state index contributed by atoms with van der Waals surface area (Å²) in [6, 6.07) is -0.846. The van der Waals surface area contributed by atoms with Crippen molar-refractivity contribution in [2.75, 3.05) is 40.9 Å². The average Bonchev–Trinajstić information content (AvgIpc) is 3.70. The fraction of sp³-hybridized carbons (Fsp3) is 0.909. The van der Waals surface area contributed by atoms with Gasteiger partial charge in [0.25, 0.3) is 0 Å². The van der Waals surface area contributed by atoms with Crippen LogP contribution < -0.4 is 5.32 Å². The van der Waals surface area contributed by atoms with Crippen LogP contribution in [0.5, 0.6) is 0 Å². The Bertz CT molecular complexity index is 1500. The highest BCUT2D eigenvalue weighted by Crippen LogP contribution is 2.43. The molecule has 0 aliphatic rings. The van der Waals surface area contributed by atoms with E-state index in [-0.39, 0.29) is 19.1 Å². The van der Waals surface area contributed by atoms with Gasteiger partial charge in [0.05, 0.1) is 39.9 Å². The molecule has 0 heterocycles. The van der Waals surface area contributed by atoms with Crippen LogP contribution in [0.4, 0.5) is 0 Å². The maximum Gasteiger partial charge on any atom is 0.472 e. The van der Waals surface area contributed by atoms with Gasteiger partial charge in [-0.3, -0.25) is 13.8 Å². The minimum Gasteiger partial charge on any atom is -0.387 e. The molecule has 0 aliphatic heterocycles. The first kappa shape index (κ1) is 84.7. The van der Waals surface area contributed by atoms with Crippen molar-refractivity contribution in [1.82, 2.24) is 5.32 Å². The van der Waals surface area contributed by atoms with Gasteiger partial charge in [-0.1, -0.05) is 378 Å².